The van der Waals surface area contributed by atoms with Crippen LogP contribution in [0.3, 0.4) is 0 Å². The van der Waals surface area contributed by atoms with Crippen molar-refractivity contribution in [2.75, 3.05) is 0 Å². The van der Waals surface area contributed by atoms with Crippen LogP contribution in [-0.4, -0.2) is 38.5 Å². The molecule has 0 radical (unpaired) electrons. The molecule has 0 atom stereocenters. The lowest BCUT2D eigenvalue weighted by molar-refractivity contribution is -0.531. The van der Waals surface area contributed by atoms with Gasteiger partial charge in [0.15, 0.2) is 5.71 Å². The van der Waals surface area contributed by atoms with E-state index in [1.165, 1.54) is 0 Å². The van der Waals surface area contributed by atoms with E-state index >= 15 is 0 Å². The molecule has 6 nitrogen and oxygen atoms in total. The molecule has 80 valence electrons. The molecule has 0 saturated heterocycles. The van der Waals surface area contributed by atoms with E-state index in [2.05, 4.69) is 10.1 Å². The number of Topliss-reactive ketones (excluding diaryl/α,β-unsaturated/α-hetero) is 1. The quantitative estimate of drug-likeness (QED) is 0.270. The van der Waals surface area contributed by atoms with E-state index in [1.54, 1.807) is 13.8 Å². The summed E-state index contributed by atoms with van der Waals surface area (Å²) in [6.07, 6.45) is 0.532. The minimum Gasteiger partial charge on any atom is -0.621 e. The number of hydroxylamine groups is 1. The number of nitrogens with zero attached hydrogens (tertiary/aromatic N) is 3. The summed E-state index contributed by atoms with van der Waals surface area (Å²) < 4.78 is 0.592. The molecule has 1 aliphatic carbocycles. The minimum absolute atomic E-state index is 0.0269. The Morgan fingerprint density at radius 2 is 2.20 bits per heavy atom. The van der Waals surface area contributed by atoms with Gasteiger partial charge in [-0.25, -0.2) is 4.99 Å². The van der Waals surface area contributed by atoms with E-state index in [1.807, 2.05) is 0 Å². The fourth-order valence-corrected chi connectivity index (χ4v) is 1.75. The number of hydrogen-bond acceptors (Lipinski definition) is 5. The highest BCUT2D eigenvalue weighted by atomic mass is 16.5. The number of oxime groups is 1. The zero-order valence-electron chi connectivity index (χ0n) is 8.52. The lowest BCUT2D eigenvalue weighted by atomic mass is 9.93. The highest BCUT2D eigenvalue weighted by molar-refractivity contribution is 6.82. The number of ketones is 1. The molecule has 0 aromatic heterocycles. The molecule has 15 heavy (non-hydrogen) atoms. The highest BCUT2D eigenvalue weighted by Gasteiger charge is 2.46. The van der Waals surface area contributed by atoms with Crippen molar-refractivity contribution in [1.29, 1.82) is 0 Å². The van der Waals surface area contributed by atoms with E-state index in [0.29, 0.717) is 16.9 Å². The van der Waals surface area contributed by atoms with Crippen molar-refractivity contribution in [2.45, 2.75) is 32.4 Å². The maximum absolute atomic E-state index is 11.7. The Balaban J connectivity index is 2.61. The van der Waals surface area contributed by atoms with Crippen molar-refractivity contribution in [3.63, 3.8) is 0 Å². The summed E-state index contributed by atoms with van der Waals surface area (Å²) in [5.41, 5.74) is -0.399. The van der Waals surface area contributed by atoms with Gasteiger partial charge in [0, 0.05) is 26.7 Å². The number of carbonyl (C=O) groups excluding carboxylic acids is 1. The van der Waals surface area contributed by atoms with Crippen LogP contribution in [0.1, 0.15) is 26.7 Å². The summed E-state index contributed by atoms with van der Waals surface area (Å²) in [7, 11) is 0. The Bertz CT molecular complexity index is 432. The van der Waals surface area contributed by atoms with Crippen LogP contribution in [0, 0.1) is 5.21 Å². The smallest absolute Gasteiger partial charge is 0.284 e. The Hall–Kier alpha value is -1.72. The first kappa shape index (κ1) is 9.82. The molecule has 1 aliphatic heterocycles. The van der Waals surface area contributed by atoms with E-state index in [9.17, 15) is 10.0 Å². The van der Waals surface area contributed by atoms with Crippen LogP contribution in [0.5, 0.6) is 0 Å². The monoisotopic (exact) mass is 209 g/mol. The first-order valence-corrected chi connectivity index (χ1v) is 4.66. The number of fused-ring (bicyclic) bond motifs is 1. The molecule has 1 fully saturated rings. The van der Waals surface area contributed by atoms with Gasteiger partial charge in [-0.1, -0.05) is 5.16 Å². The van der Waals surface area contributed by atoms with Crippen LogP contribution in [0.4, 0.5) is 0 Å². The van der Waals surface area contributed by atoms with Gasteiger partial charge in [-0.3, -0.25) is 4.79 Å². The third-order valence-electron chi connectivity index (χ3n) is 2.56. The summed E-state index contributed by atoms with van der Waals surface area (Å²) in [5, 5.41) is 23.6. The van der Waals surface area contributed by atoms with Gasteiger partial charge in [-0.15, -0.1) is 0 Å². The number of rotatable bonds is 0. The SMILES string of the molecule is CC1(C)N=C2C(=[N+]1[O-])C(=O)CC/C2=N/O. The molecule has 1 N–H and O–H groups in total. The van der Waals surface area contributed by atoms with E-state index in [4.69, 9.17) is 5.21 Å². The Labute approximate surface area is 86.2 Å². The van der Waals surface area contributed by atoms with Crippen LogP contribution < -0.4 is 0 Å². The number of aliphatic imine (C=N–C) groups is 1. The molecule has 0 unspecified atom stereocenters. The van der Waals surface area contributed by atoms with Crippen molar-refractivity contribution < 1.29 is 14.7 Å². The van der Waals surface area contributed by atoms with E-state index in [0.717, 1.165) is 0 Å². The largest absolute Gasteiger partial charge is 0.621 e. The van der Waals surface area contributed by atoms with Crippen molar-refractivity contribution >= 4 is 22.9 Å². The van der Waals surface area contributed by atoms with Gasteiger partial charge in [-0.2, -0.15) is 4.74 Å². The summed E-state index contributed by atoms with van der Waals surface area (Å²) >= 11 is 0. The van der Waals surface area contributed by atoms with Gasteiger partial charge < -0.3 is 10.4 Å². The van der Waals surface area contributed by atoms with E-state index < -0.39 is 5.66 Å². The fraction of sp³-hybridized carbons (Fsp3) is 0.556. The fourth-order valence-electron chi connectivity index (χ4n) is 1.75. The highest BCUT2D eigenvalue weighted by Crippen LogP contribution is 2.22. The Kier molecular flexibility index (Phi) is 1.89. The average molecular weight is 209 g/mol. The Morgan fingerprint density at radius 3 is 2.80 bits per heavy atom. The molecule has 2 rings (SSSR count). The number of hydrogen-bond donors (Lipinski definition) is 1. The molecule has 0 aromatic rings. The topological polar surface area (TPSA) is 88.1 Å². The van der Waals surface area contributed by atoms with Crippen LogP contribution in [0.15, 0.2) is 10.1 Å². The van der Waals surface area contributed by atoms with Gasteiger partial charge in [0.25, 0.3) is 11.4 Å². The molecule has 0 amide bonds. The number of carbonyl (C=O) groups is 1. The average Bonchev–Trinajstić information content (AvgIpc) is 2.40. The minimum atomic E-state index is -0.986. The molecule has 0 aromatic carbocycles. The summed E-state index contributed by atoms with van der Waals surface area (Å²) in [4.78, 5) is 15.6. The molecule has 1 heterocycles. The second-order valence-corrected chi connectivity index (χ2v) is 4.07. The molecule has 6 heteroatoms. The zero-order valence-corrected chi connectivity index (χ0v) is 8.52. The molecule has 0 bridgehead atoms. The van der Waals surface area contributed by atoms with Gasteiger partial charge in [0.1, 0.15) is 5.71 Å². The Morgan fingerprint density at radius 1 is 1.53 bits per heavy atom. The normalized spacial score (nSPS) is 26.9. The standard InChI is InChI=1S/C9H11N3O3/c1-9(2)10-7-5(11-14)3-4-6(13)8(7)12(9)15/h14H,3-4H2,1-2H3/b11-5-. The predicted octanol–water partition coefficient (Wildman–Crippen LogP) is 0.321. The molecular formula is C9H11N3O3. The summed E-state index contributed by atoms with van der Waals surface area (Å²) in [6.45, 7) is 3.22. The van der Waals surface area contributed by atoms with Crippen molar-refractivity contribution in [1.82, 2.24) is 0 Å². The maximum atomic E-state index is 11.7. The van der Waals surface area contributed by atoms with Crippen LogP contribution >= 0.6 is 0 Å². The second-order valence-electron chi connectivity index (χ2n) is 4.07. The lowest BCUT2D eigenvalue weighted by Gasteiger charge is -2.15. The van der Waals surface area contributed by atoms with Gasteiger partial charge >= 0.3 is 0 Å². The summed E-state index contributed by atoms with van der Waals surface area (Å²) in [5.74, 6) is -0.235. The van der Waals surface area contributed by atoms with E-state index in [-0.39, 0.29) is 23.6 Å². The molecule has 2 aliphatic rings. The van der Waals surface area contributed by atoms with Crippen molar-refractivity contribution in [3.8, 4) is 0 Å². The van der Waals surface area contributed by atoms with Crippen LogP contribution in [0.25, 0.3) is 0 Å². The lowest BCUT2D eigenvalue weighted by Crippen LogP contribution is -2.39. The van der Waals surface area contributed by atoms with Crippen molar-refractivity contribution in [2.24, 2.45) is 10.1 Å². The molecular weight excluding hydrogens is 198 g/mol. The van der Waals surface area contributed by atoms with Crippen molar-refractivity contribution in [3.05, 3.63) is 5.21 Å². The van der Waals surface area contributed by atoms with Gasteiger partial charge in [0.2, 0.25) is 5.78 Å². The third kappa shape index (κ3) is 1.25. The first-order valence-electron chi connectivity index (χ1n) is 4.66. The first-order chi connectivity index (χ1) is 6.97. The van der Waals surface area contributed by atoms with Gasteiger partial charge in [-0.05, 0) is 0 Å². The molecule has 1 saturated carbocycles. The van der Waals surface area contributed by atoms with Gasteiger partial charge in [0.05, 0.1) is 0 Å². The third-order valence-corrected chi connectivity index (χ3v) is 2.56. The molecule has 0 spiro atoms. The maximum Gasteiger partial charge on any atom is 0.284 e. The second kappa shape index (κ2) is 2.88. The van der Waals surface area contributed by atoms with Crippen LogP contribution in [-0.2, 0) is 4.79 Å². The summed E-state index contributed by atoms with van der Waals surface area (Å²) in [6, 6.07) is 0. The van der Waals surface area contributed by atoms with Crippen LogP contribution in [0.2, 0.25) is 0 Å². The zero-order chi connectivity index (χ0) is 11.2. The predicted molar refractivity (Wildman–Crippen MR) is 53.6 cm³/mol.